The van der Waals surface area contributed by atoms with E-state index in [2.05, 4.69) is 17.1 Å². The molecular weight excluding hydrogens is 220 g/mol. The molecule has 104 valence electrons. The number of hydrogen-bond acceptors (Lipinski definition) is 2. The van der Waals surface area contributed by atoms with Crippen LogP contribution in [0, 0.1) is 5.92 Å². The Morgan fingerprint density at radius 1 is 0.889 bits per heavy atom. The monoisotopic (exact) mass is 250 g/mol. The lowest BCUT2D eigenvalue weighted by molar-refractivity contribution is 0.0192. The maximum absolute atomic E-state index is 3.75. The number of likely N-dealkylation sites (tertiary alicyclic amines) is 1. The van der Waals surface area contributed by atoms with E-state index in [1.807, 2.05) is 0 Å². The number of rotatable bonds is 3. The van der Waals surface area contributed by atoms with Gasteiger partial charge in [0.15, 0.2) is 0 Å². The first-order valence-corrected chi connectivity index (χ1v) is 8.39. The minimum atomic E-state index is 0.788. The van der Waals surface area contributed by atoms with Gasteiger partial charge in [0.1, 0.15) is 0 Å². The maximum Gasteiger partial charge on any atom is 0.0252 e. The number of nitrogens with one attached hydrogen (secondary N) is 1. The van der Waals surface area contributed by atoms with E-state index in [0.29, 0.717) is 0 Å². The zero-order valence-corrected chi connectivity index (χ0v) is 12.0. The second kappa shape index (κ2) is 5.92. The average Bonchev–Trinajstić information content (AvgIpc) is 2.87. The molecule has 18 heavy (non-hydrogen) atoms. The number of nitrogens with zero attached hydrogens (tertiary/aromatic N) is 1. The van der Waals surface area contributed by atoms with Crippen molar-refractivity contribution in [3.8, 4) is 0 Å². The summed E-state index contributed by atoms with van der Waals surface area (Å²) in [7, 11) is 0. The minimum Gasteiger partial charge on any atom is -0.313 e. The van der Waals surface area contributed by atoms with Gasteiger partial charge in [0.2, 0.25) is 0 Å². The van der Waals surface area contributed by atoms with Gasteiger partial charge in [0.05, 0.1) is 0 Å². The largest absolute Gasteiger partial charge is 0.313 e. The van der Waals surface area contributed by atoms with Crippen molar-refractivity contribution < 1.29 is 0 Å². The first-order chi connectivity index (χ1) is 8.90. The fraction of sp³-hybridized carbons (Fsp3) is 1.00. The fourth-order valence-electron chi connectivity index (χ4n) is 4.91. The predicted molar refractivity (Wildman–Crippen MR) is 76.8 cm³/mol. The summed E-state index contributed by atoms with van der Waals surface area (Å²) in [5.74, 6) is 1.04. The highest BCUT2D eigenvalue weighted by Gasteiger charge is 2.40. The third-order valence-corrected chi connectivity index (χ3v) is 5.66. The van der Waals surface area contributed by atoms with Gasteiger partial charge in [-0.25, -0.2) is 0 Å². The van der Waals surface area contributed by atoms with Crippen molar-refractivity contribution >= 4 is 0 Å². The van der Waals surface area contributed by atoms with Crippen LogP contribution < -0.4 is 5.32 Å². The maximum atomic E-state index is 3.75. The second-order valence-electron chi connectivity index (χ2n) is 6.65. The molecule has 0 spiro atoms. The summed E-state index contributed by atoms with van der Waals surface area (Å²) >= 11 is 0. The Morgan fingerprint density at radius 2 is 1.67 bits per heavy atom. The van der Waals surface area contributed by atoms with E-state index in [0.717, 1.165) is 30.6 Å². The van der Waals surface area contributed by atoms with Crippen molar-refractivity contribution in [2.24, 2.45) is 5.92 Å². The van der Waals surface area contributed by atoms with E-state index in [-0.39, 0.29) is 0 Å². The van der Waals surface area contributed by atoms with Gasteiger partial charge in [0.25, 0.3) is 0 Å². The summed E-state index contributed by atoms with van der Waals surface area (Å²) in [5.41, 5.74) is 0. The van der Waals surface area contributed by atoms with Gasteiger partial charge in [-0.15, -0.1) is 0 Å². The Balaban J connectivity index is 1.69. The lowest BCUT2D eigenvalue weighted by atomic mass is 9.77. The van der Waals surface area contributed by atoms with E-state index >= 15 is 0 Å². The number of likely N-dealkylation sites (N-methyl/N-ethyl adjacent to an activating group) is 1. The Morgan fingerprint density at radius 3 is 2.56 bits per heavy atom. The van der Waals surface area contributed by atoms with Crippen molar-refractivity contribution in [1.82, 2.24) is 10.2 Å². The van der Waals surface area contributed by atoms with E-state index in [4.69, 9.17) is 0 Å². The van der Waals surface area contributed by atoms with Crippen molar-refractivity contribution in [1.29, 1.82) is 0 Å². The molecule has 0 aromatic heterocycles. The highest BCUT2D eigenvalue weighted by molar-refractivity contribution is 4.97. The smallest absolute Gasteiger partial charge is 0.0252 e. The van der Waals surface area contributed by atoms with Crippen LogP contribution in [-0.4, -0.2) is 36.1 Å². The first kappa shape index (κ1) is 12.9. The van der Waals surface area contributed by atoms with Crippen molar-refractivity contribution in [3.63, 3.8) is 0 Å². The normalized spacial score (nSPS) is 41.8. The number of hydrogen-bond donors (Lipinski definition) is 1. The molecule has 3 rings (SSSR count). The Kier molecular flexibility index (Phi) is 4.25. The summed E-state index contributed by atoms with van der Waals surface area (Å²) in [4.78, 5) is 2.94. The van der Waals surface area contributed by atoms with Gasteiger partial charge in [0, 0.05) is 18.1 Å². The van der Waals surface area contributed by atoms with Crippen molar-refractivity contribution in [3.05, 3.63) is 0 Å². The van der Waals surface area contributed by atoms with Crippen molar-refractivity contribution in [2.45, 2.75) is 82.8 Å². The second-order valence-corrected chi connectivity index (χ2v) is 6.65. The van der Waals surface area contributed by atoms with Crippen LogP contribution in [0.1, 0.15) is 64.7 Å². The highest BCUT2D eigenvalue weighted by Crippen LogP contribution is 2.39. The van der Waals surface area contributed by atoms with Gasteiger partial charge in [-0.1, -0.05) is 26.2 Å². The van der Waals surface area contributed by atoms with Gasteiger partial charge in [-0.05, 0) is 57.5 Å². The summed E-state index contributed by atoms with van der Waals surface area (Å²) in [6.45, 7) is 4.78. The fourth-order valence-corrected chi connectivity index (χ4v) is 4.91. The lowest BCUT2D eigenvalue weighted by Gasteiger charge is -2.48. The minimum absolute atomic E-state index is 0.788. The van der Waals surface area contributed by atoms with Gasteiger partial charge >= 0.3 is 0 Å². The molecular formula is C16H30N2. The molecule has 0 aromatic carbocycles. The Labute approximate surface area is 113 Å². The number of piperidine rings is 1. The Bertz CT molecular complexity index is 264. The van der Waals surface area contributed by atoms with E-state index in [1.165, 1.54) is 64.3 Å². The van der Waals surface area contributed by atoms with Crippen LogP contribution in [0.2, 0.25) is 0 Å². The summed E-state index contributed by atoms with van der Waals surface area (Å²) < 4.78 is 0. The molecule has 2 saturated carbocycles. The Hall–Kier alpha value is -0.0800. The van der Waals surface area contributed by atoms with Crippen LogP contribution in [0.4, 0.5) is 0 Å². The molecule has 4 atom stereocenters. The van der Waals surface area contributed by atoms with Crippen LogP contribution in [0.15, 0.2) is 0 Å². The zero-order valence-electron chi connectivity index (χ0n) is 12.0. The van der Waals surface area contributed by atoms with E-state index in [1.54, 1.807) is 0 Å². The molecule has 0 bridgehead atoms. The SMILES string of the molecule is CCNC1CCCC1N1CCC[C@H]2CCCC[C@H]21. The molecule has 3 aliphatic rings. The third-order valence-electron chi connectivity index (χ3n) is 5.66. The van der Waals surface area contributed by atoms with Gasteiger partial charge < -0.3 is 5.32 Å². The van der Waals surface area contributed by atoms with Crippen molar-refractivity contribution in [2.75, 3.05) is 13.1 Å². The number of fused-ring (bicyclic) bond motifs is 1. The molecule has 2 unspecified atom stereocenters. The predicted octanol–water partition coefficient (Wildman–Crippen LogP) is 3.17. The molecule has 1 aliphatic heterocycles. The molecule has 1 N–H and O–H groups in total. The third kappa shape index (κ3) is 2.46. The van der Waals surface area contributed by atoms with Crippen LogP contribution in [-0.2, 0) is 0 Å². The molecule has 1 saturated heterocycles. The molecule has 3 fully saturated rings. The summed E-state index contributed by atoms with van der Waals surface area (Å²) in [6, 6.07) is 2.59. The van der Waals surface area contributed by atoms with E-state index in [9.17, 15) is 0 Å². The molecule has 0 amide bonds. The first-order valence-electron chi connectivity index (χ1n) is 8.39. The summed E-state index contributed by atoms with van der Waals surface area (Å²) in [6.07, 6.45) is 13.2. The molecule has 0 radical (unpaired) electrons. The van der Waals surface area contributed by atoms with E-state index < -0.39 is 0 Å². The molecule has 1 heterocycles. The zero-order chi connectivity index (χ0) is 12.4. The molecule has 2 heteroatoms. The topological polar surface area (TPSA) is 15.3 Å². The van der Waals surface area contributed by atoms with Crippen LogP contribution in [0.3, 0.4) is 0 Å². The standard InChI is InChI=1S/C16H30N2/c1-2-17-14-9-5-11-16(14)18-12-6-8-13-7-3-4-10-15(13)18/h13-17H,2-12H2,1H3/t13-,14?,15-,16?/m1/s1. The van der Waals surface area contributed by atoms with Crippen LogP contribution in [0.25, 0.3) is 0 Å². The highest BCUT2D eigenvalue weighted by atomic mass is 15.2. The quantitative estimate of drug-likeness (QED) is 0.827. The van der Waals surface area contributed by atoms with Crippen LogP contribution in [0.5, 0.6) is 0 Å². The molecule has 2 aliphatic carbocycles. The van der Waals surface area contributed by atoms with Crippen LogP contribution >= 0.6 is 0 Å². The van der Waals surface area contributed by atoms with Gasteiger partial charge in [-0.3, -0.25) is 4.90 Å². The summed E-state index contributed by atoms with van der Waals surface area (Å²) in [5, 5.41) is 3.75. The molecule has 0 aromatic rings. The van der Waals surface area contributed by atoms with Gasteiger partial charge in [-0.2, -0.15) is 0 Å². The molecule has 2 nitrogen and oxygen atoms in total. The average molecular weight is 250 g/mol. The lowest BCUT2D eigenvalue weighted by Crippen LogP contribution is -2.56.